The fourth-order valence-corrected chi connectivity index (χ4v) is 2.92. The van der Waals surface area contributed by atoms with Gasteiger partial charge in [-0.2, -0.15) is 0 Å². The van der Waals surface area contributed by atoms with Crippen molar-refractivity contribution in [3.8, 4) is 0 Å². The Bertz CT molecular complexity index is 445. The highest BCUT2D eigenvalue weighted by molar-refractivity contribution is 5.32. The van der Waals surface area contributed by atoms with Crippen LogP contribution in [-0.4, -0.2) is 6.54 Å². The average molecular weight is 257 g/mol. The molecule has 0 aliphatic heterocycles. The van der Waals surface area contributed by atoms with Crippen molar-refractivity contribution in [3.63, 3.8) is 0 Å². The molecule has 0 bridgehead atoms. The van der Waals surface area contributed by atoms with E-state index in [2.05, 4.69) is 50.4 Å². The monoisotopic (exact) mass is 257 g/mol. The normalized spacial score (nSPS) is 17.1. The molecular formula is C18H27N. The van der Waals surface area contributed by atoms with E-state index in [9.17, 15) is 0 Å². The lowest BCUT2D eigenvalue weighted by atomic mass is 9.96. The van der Waals surface area contributed by atoms with E-state index in [1.165, 1.54) is 48.8 Å². The van der Waals surface area contributed by atoms with Crippen molar-refractivity contribution in [1.29, 1.82) is 0 Å². The lowest BCUT2D eigenvalue weighted by molar-refractivity contribution is 0.560. The Morgan fingerprint density at radius 1 is 1.21 bits per heavy atom. The van der Waals surface area contributed by atoms with Crippen LogP contribution in [0.15, 0.2) is 29.8 Å². The van der Waals surface area contributed by atoms with Gasteiger partial charge in [-0.1, -0.05) is 35.4 Å². The fourth-order valence-electron chi connectivity index (χ4n) is 2.92. The lowest BCUT2D eigenvalue weighted by Crippen LogP contribution is -2.21. The van der Waals surface area contributed by atoms with Crippen molar-refractivity contribution < 1.29 is 0 Å². The number of hydrogen-bond acceptors (Lipinski definition) is 1. The maximum absolute atomic E-state index is 3.67. The first-order valence-corrected chi connectivity index (χ1v) is 7.65. The number of nitrogens with one attached hydrogen (secondary N) is 1. The van der Waals surface area contributed by atoms with E-state index in [0.717, 1.165) is 6.54 Å². The van der Waals surface area contributed by atoms with Crippen molar-refractivity contribution >= 4 is 0 Å². The van der Waals surface area contributed by atoms with Gasteiger partial charge in [-0.3, -0.25) is 0 Å². The second kappa shape index (κ2) is 6.91. The van der Waals surface area contributed by atoms with Gasteiger partial charge in [-0.15, -0.1) is 0 Å². The van der Waals surface area contributed by atoms with Gasteiger partial charge in [0.15, 0.2) is 0 Å². The van der Waals surface area contributed by atoms with Crippen LogP contribution in [0.3, 0.4) is 0 Å². The van der Waals surface area contributed by atoms with Gasteiger partial charge in [0, 0.05) is 6.04 Å². The second-order valence-corrected chi connectivity index (χ2v) is 5.89. The summed E-state index contributed by atoms with van der Waals surface area (Å²) in [6.07, 6.45) is 9.05. The Balaban J connectivity index is 1.85. The Kier molecular flexibility index (Phi) is 5.21. The molecule has 0 spiro atoms. The van der Waals surface area contributed by atoms with Gasteiger partial charge in [0.2, 0.25) is 0 Å². The van der Waals surface area contributed by atoms with Crippen LogP contribution < -0.4 is 5.32 Å². The lowest BCUT2D eigenvalue weighted by Gasteiger charge is -2.19. The Hall–Kier alpha value is -1.08. The highest BCUT2D eigenvalue weighted by Crippen LogP contribution is 2.21. The van der Waals surface area contributed by atoms with Gasteiger partial charge in [-0.05, 0) is 70.5 Å². The van der Waals surface area contributed by atoms with Gasteiger partial charge in [0.25, 0.3) is 0 Å². The van der Waals surface area contributed by atoms with E-state index >= 15 is 0 Å². The van der Waals surface area contributed by atoms with Gasteiger partial charge in [0.1, 0.15) is 0 Å². The molecular weight excluding hydrogens is 230 g/mol. The van der Waals surface area contributed by atoms with Crippen molar-refractivity contribution in [1.82, 2.24) is 5.32 Å². The fraction of sp³-hybridized carbons (Fsp3) is 0.556. The number of benzene rings is 1. The van der Waals surface area contributed by atoms with Crippen LogP contribution in [0.4, 0.5) is 0 Å². The standard InChI is InChI=1S/C18H27N/c1-14-9-10-15(2)18(13-14)16(3)19-12-11-17-7-5-4-6-8-17/h7,9-10,13,16,19H,4-6,8,11-12H2,1-3H3. The maximum atomic E-state index is 3.67. The molecule has 1 N–H and O–H groups in total. The molecule has 1 aromatic rings. The molecule has 0 aromatic heterocycles. The van der Waals surface area contributed by atoms with Crippen molar-refractivity contribution in [3.05, 3.63) is 46.5 Å². The molecule has 0 amide bonds. The summed E-state index contributed by atoms with van der Waals surface area (Å²) in [7, 11) is 0. The van der Waals surface area contributed by atoms with Crippen molar-refractivity contribution in [2.75, 3.05) is 6.54 Å². The molecule has 0 saturated carbocycles. The summed E-state index contributed by atoms with van der Waals surface area (Å²) in [5, 5.41) is 3.67. The zero-order chi connectivity index (χ0) is 13.7. The molecule has 0 fully saturated rings. The SMILES string of the molecule is Cc1ccc(C)c(C(C)NCCC2=CCCCC2)c1. The summed E-state index contributed by atoms with van der Waals surface area (Å²) in [6, 6.07) is 7.18. The van der Waals surface area contributed by atoms with E-state index in [4.69, 9.17) is 0 Å². The first-order chi connectivity index (χ1) is 9.16. The van der Waals surface area contributed by atoms with E-state index < -0.39 is 0 Å². The summed E-state index contributed by atoms with van der Waals surface area (Å²) in [5.74, 6) is 0. The minimum absolute atomic E-state index is 0.448. The summed E-state index contributed by atoms with van der Waals surface area (Å²) >= 11 is 0. The van der Waals surface area contributed by atoms with E-state index in [1.54, 1.807) is 5.57 Å². The molecule has 2 rings (SSSR count). The molecule has 1 aliphatic carbocycles. The van der Waals surface area contributed by atoms with Crippen LogP contribution in [0.2, 0.25) is 0 Å². The van der Waals surface area contributed by atoms with Gasteiger partial charge in [-0.25, -0.2) is 0 Å². The molecule has 19 heavy (non-hydrogen) atoms. The minimum atomic E-state index is 0.448. The van der Waals surface area contributed by atoms with E-state index in [0.29, 0.717) is 6.04 Å². The highest BCUT2D eigenvalue weighted by atomic mass is 14.9. The number of allylic oxidation sites excluding steroid dienone is 1. The Morgan fingerprint density at radius 2 is 2.05 bits per heavy atom. The molecule has 1 nitrogen and oxygen atoms in total. The van der Waals surface area contributed by atoms with Crippen LogP contribution in [0.1, 0.15) is 61.8 Å². The third-order valence-electron chi connectivity index (χ3n) is 4.18. The van der Waals surface area contributed by atoms with Crippen molar-refractivity contribution in [2.45, 2.75) is 58.9 Å². The summed E-state index contributed by atoms with van der Waals surface area (Å²) < 4.78 is 0. The molecule has 1 atom stereocenters. The highest BCUT2D eigenvalue weighted by Gasteiger charge is 2.09. The third kappa shape index (κ3) is 4.21. The van der Waals surface area contributed by atoms with E-state index in [-0.39, 0.29) is 0 Å². The molecule has 1 aliphatic rings. The first-order valence-electron chi connectivity index (χ1n) is 7.65. The smallest absolute Gasteiger partial charge is 0.0294 e. The zero-order valence-corrected chi connectivity index (χ0v) is 12.6. The molecule has 1 heteroatoms. The maximum Gasteiger partial charge on any atom is 0.0294 e. The molecule has 104 valence electrons. The largest absolute Gasteiger partial charge is 0.310 e. The van der Waals surface area contributed by atoms with Crippen LogP contribution in [0, 0.1) is 13.8 Å². The molecule has 0 saturated heterocycles. The van der Waals surface area contributed by atoms with Gasteiger partial charge < -0.3 is 5.32 Å². The van der Waals surface area contributed by atoms with Gasteiger partial charge >= 0.3 is 0 Å². The topological polar surface area (TPSA) is 12.0 Å². The predicted molar refractivity (Wildman–Crippen MR) is 83.5 cm³/mol. The second-order valence-electron chi connectivity index (χ2n) is 5.89. The molecule has 0 heterocycles. The number of hydrogen-bond donors (Lipinski definition) is 1. The van der Waals surface area contributed by atoms with Crippen LogP contribution in [0.5, 0.6) is 0 Å². The summed E-state index contributed by atoms with van der Waals surface area (Å²) in [5.41, 5.74) is 5.84. The predicted octanol–water partition coefficient (Wildman–Crippen LogP) is 4.84. The Morgan fingerprint density at radius 3 is 2.79 bits per heavy atom. The minimum Gasteiger partial charge on any atom is -0.310 e. The van der Waals surface area contributed by atoms with Gasteiger partial charge in [0.05, 0.1) is 0 Å². The quantitative estimate of drug-likeness (QED) is 0.744. The van der Waals surface area contributed by atoms with Crippen LogP contribution in [-0.2, 0) is 0 Å². The zero-order valence-electron chi connectivity index (χ0n) is 12.6. The molecule has 0 radical (unpaired) electrons. The van der Waals surface area contributed by atoms with Crippen LogP contribution >= 0.6 is 0 Å². The first kappa shape index (κ1) is 14.3. The Labute approximate surface area is 118 Å². The number of rotatable bonds is 5. The average Bonchev–Trinajstić information content (AvgIpc) is 2.42. The van der Waals surface area contributed by atoms with Crippen LogP contribution in [0.25, 0.3) is 0 Å². The molecule has 1 unspecified atom stereocenters. The molecule has 1 aromatic carbocycles. The van der Waals surface area contributed by atoms with E-state index in [1.807, 2.05) is 0 Å². The summed E-state index contributed by atoms with van der Waals surface area (Å²) in [4.78, 5) is 0. The number of aryl methyl sites for hydroxylation is 2. The third-order valence-corrected chi connectivity index (χ3v) is 4.18. The summed E-state index contributed by atoms with van der Waals surface area (Å²) in [6.45, 7) is 7.75. The van der Waals surface area contributed by atoms with Crippen molar-refractivity contribution in [2.24, 2.45) is 0 Å².